The third kappa shape index (κ3) is 2.95. The molecule has 2 unspecified atom stereocenters. The first-order chi connectivity index (χ1) is 9.24. The molecule has 0 aromatic rings. The third-order valence-electron chi connectivity index (χ3n) is 5.43. The second-order valence-corrected chi connectivity index (χ2v) is 7.07. The molecule has 3 heteroatoms. The van der Waals surface area contributed by atoms with Crippen LogP contribution in [0.25, 0.3) is 0 Å². The second-order valence-electron chi connectivity index (χ2n) is 7.07. The summed E-state index contributed by atoms with van der Waals surface area (Å²) in [5, 5.41) is 12.8. The van der Waals surface area contributed by atoms with Crippen molar-refractivity contribution >= 4 is 0 Å². The summed E-state index contributed by atoms with van der Waals surface area (Å²) in [6.07, 6.45) is 9.98. The molecule has 3 aliphatic rings. The SMILES string of the molecule is CCCN(CC1(CC#N)CC1)C1CC2CCC(C1)N2. The fourth-order valence-corrected chi connectivity index (χ4v) is 4.17. The monoisotopic (exact) mass is 261 g/mol. The molecule has 1 N–H and O–H groups in total. The molecule has 3 fully saturated rings. The highest BCUT2D eigenvalue weighted by Crippen LogP contribution is 2.49. The Morgan fingerprint density at radius 2 is 1.95 bits per heavy atom. The van der Waals surface area contributed by atoms with Crippen LogP contribution in [0.15, 0.2) is 0 Å². The maximum atomic E-state index is 9.01. The summed E-state index contributed by atoms with van der Waals surface area (Å²) in [5.74, 6) is 0. The summed E-state index contributed by atoms with van der Waals surface area (Å²) in [7, 11) is 0. The van der Waals surface area contributed by atoms with Gasteiger partial charge < -0.3 is 5.32 Å². The van der Waals surface area contributed by atoms with E-state index in [1.165, 1.54) is 58.0 Å². The van der Waals surface area contributed by atoms with Crippen LogP contribution >= 0.6 is 0 Å². The molecule has 0 spiro atoms. The first-order valence-electron chi connectivity index (χ1n) is 8.12. The number of rotatable bonds is 6. The Morgan fingerprint density at radius 1 is 1.26 bits per heavy atom. The van der Waals surface area contributed by atoms with Gasteiger partial charge in [0.25, 0.3) is 0 Å². The van der Waals surface area contributed by atoms with Crippen molar-refractivity contribution in [3.63, 3.8) is 0 Å². The summed E-state index contributed by atoms with van der Waals surface area (Å²) in [6, 6.07) is 4.73. The van der Waals surface area contributed by atoms with Gasteiger partial charge in [0.2, 0.25) is 0 Å². The zero-order valence-corrected chi connectivity index (χ0v) is 12.2. The Hall–Kier alpha value is -0.590. The lowest BCUT2D eigenvalue weighted by Gasteiger charge is -2.39. The number of nitriles is 1. The first-order valence-corrected chi connectivity index (χ1v) is 8.12. The van der Waals surface area contributed by atoms with Crippen molar-refractivity contribution < 1.29 is 0 Å². The minimum absolute atomic E-state index is 0.369. The molecule has 3 nitrogen and oxygen atoms in total. The highest BCUT2D eigenvalue weighted by Gasteiger charge is 2.45. The van der Waals surface area contributed by atoms with Gasteiger partial charge in [-0.1, -0.05) is 6.92 Å². The highest BCUT2D eigenvalue weighted by molar-refractivity contribution is 5.03. The molecule has 1 aliphatic carbocycles. The summed E-state index contributed by atoms with van der Waals surface area (Å²) < 4.78 is 0. The van der Waals surface area contributed by atoms with Crippen molar-refractivity contribution in [2.45, 2.75) is 76.4 Å². The van der Waals surface area contributed by atoms with E-state index in [1.54, 1.807) is 0 Å². The molecular formula is C16H27N3. The lowest BCUT2D eigenvalue weighted by atomic mass is 9.95. The Morgan fingerprint density at radius 3 is 2.47 bits per heavy atom. The Balaban J connectivity index is 1.62. The summed E-state index contributed by atoms with van der Waals surface area (Å²) in [4.78, 5) is 2.73. The van der Waals surface area contributed by atoms with Crippen LogP contribution in [0.3, 0.4) is 0 Å². The summed E-state index contributed by atoms with van der Waals surface area (Å²) in [6.45, 7) is 4.68. The quantitative estimate of drug-likeness (QED) is 0.799. The standard InChI is InChI=1S/C16H27N3/c1-2-9-19(12-16(5-6-16)7-8-17)15-10-13-3-4-14(11-15)18-13/h13-15,18H,2-7,9-12H2,1H3. The van der Waals surface area contributed by atoms with Gasteiger partial charge >= 0.3 is 0 Å². The van der Waals surface area contributed by atoms with Crippen molar-refractivity contribution in [2.75, 3.05) is 13.1 Å². The van der Waals surface area contributed by atoms with Gasteiger partial charge in [-0.15, -0.1) is 0 Å². The maximum absolute atomic E-state index is 9.01. The van der Waals surface area contributed by atoms with Gasteiger partial charge in [-0.25, -0.2) is 0 Å². The van der Waals surface area contributed by atoms with E-state index in [2.05, 4.69) is 23.2 Å². The van der Waals surface area contributed by atoms with E-state index in [0.717, 1.165) is 24.5 Å². The van der Waals surface area contributed by atoms with Crippen LogP contribution in [-0.2, 0) is 0 Å². The number of nitrogens with zero attached hydrogens (tertiary/aromatic N) is 2. The lowest BCUT2D eigenvalue weighted by molar-refractivity contribution is 0.115. The van der Waals surface area contributed by atoms with Crippen molar-refractivity contribution in [3.05, 3.63) is 0 Å². The first kappa shape index (κ1) is 13.4. The zero-order valence-electron chi connectivity index (χ0n) is 12.2. The molecule has 2 bridgehead atoms. The molecule has 2 saturated heterocycles. The minimum atomic E-state index is 0.369. The van der Waals surface area contributed by atoms with Crippen LogP contribution in [0.2, 0.25) is 0 Å². The van der Waals surface area contributed by atoms with E-state index < -0.39 is 0 Å². The lowest BCUT2D eigenvalue weighted by Crippen LogP contribution is -2.49. The average molecular weight is 261 g/mol. The largest absolute Gasteiger partial charge is 0.311 e. The Kier molecular flexibility index (Phi) is 3.82. The van der Waals surface area contributed by atoms with Gasteiger partial charge in [0.15, 0.2) is 0 Å². The van der Waals surface area contributed by atoms with Crippen molar-refractivity contribution in [2.24, 2.45) is 5.41 Å². The highest BCUT2D eigenvalue weighted by atomic mass is 15.2. The molecule has 2 aliphatic heterocycles. The average Bonchev–Trinajstić information content (AvgIpc) is 3.08. The predicted molar refractivity (Wildman–Crippen MR) is 76.7 cm³/mol. The van der Waals surface area contributed by atoms with Gasteiger partial charge in [-0.3, -0.25) is 4.90 Å². The van der Waals surface area contributed by atoms with E-state index in [9.17, 15) is 0 Å². The molecule has 0 amide bonds. The van der Waals surface area contributed by atoms with E-state index in [1.807, 2.05) is 0 Å². The number of fused-ring (bicyclic) bond motifs is 2. The zero-order chi connectivity index (χ0) is 13.3. The molecule has 0 radical (unpaired) electrons. The normalized spacial score (nSPS) is 35.3. The molecule has 2 heterocycles. The van der Waals surface area contributed by atoms with E-state index in [4.69, 9.17) is 5.26 Å². The molecule has 0 aromatic heterocycles. The summed E-state index contributed by atoms with van der Waals surface area (Å²) in [5.41, 5.74) is 0.369. The van der Waals surface area contributed by atoms with Crippen LogP contribution < -0.4 is 5.32 Å². The number of piperidine rings is 1. The smallest absolute Gasteiger partial charge is 0.0628 e. The van der Waals surface area contributed by atoms with Crippen LogP contribution in [0.5, 0.6) is 0 Å². The molecule has 3 rings (SSSR count). The molecule has 106 valence electrons. The topological polar surface area (TPSA) is 39.1 Å². The number of nitrogens with one attached hydrogen (secondary N) is 1. The Labute approximate surface area is 117 Å². The predicted octanol–water partition coefficient (Wildman–Crippen LogP) is 2.68. The van der Waals surface area contributed by atoms with E-state index in [-0.39, 0.29) is 0 Å². The van der Waals surface area contributed by atoms with Crippen LogP contribution in [0.1, 0.15) is 58.3 Å². The molecule has 1 saturated carbocycles. The minimum Gasteiger partial charge on any atom is -0.311 e. The third-order valence-corrected chi connectivity index (χ3v) is 5.43. The number of hydrogen-bond donors (Lipinski definition) is 1. The van der Waals surface area contributed by atoms with Gasteiger partial charge in [0.05, 0.1) is 6.07 Å². The Bertz CT molecular complexity index is 343. The molecule has 0 aromatic carbocycles. The van der Waals surface area contributed by atoms with Crippen molar-refractivity contribution in [3.8, 4) is 6.07 Å². The number of hydrogen-bond acceptors (Lipinski definition) is 3. The van der Waals surface area contributed by atoms with Gasteiger partial charge in [-0.05, 0) is 56.9 Å². The fraction of sp³-hybridized carbons (Fsp3) is 0.938. The molecule has 2 atom stereocenters. The van der Waals surface area contributed by atoms with Crippen molar-refractivity contribution in [1.82, 2.24) is 10.2 Å². The maximum Gasteiger partial charge on any atom is 0.0628 e. The summed E-state index contributed by atoms with van der Waals surface area (Å²) >= 11 is 0. The fourth-order valence-electron chi connectivity index (χ4n) is 4.17. The second kappa shape index (κ2) is 5.42. The van der Waals surface area contributed by atoms with Gasteiger partial charge in [0, 0.05) is 31.1 Å². The van der Waals surface area contributed by atoms with Crippen molar-refractivity contribution in [1.29, 1.82) is 5.26 Å². The van der Waals surface area contributed by atoms with Gasteiger partial charge in [-0.2, -0.15) is 5.26 Å². The molecule has 19 heavy (non-hydrogen) atoms. The van der Waals surface area contributed by atoms with E-state index >= 15 is 0 Å². The molecular weight excluding hydrogens is 234 g/mol. The van der Waals surface area contributed by atoms with E-state index in [0.29, 0.717) is 5.41 Å². The van der Waals surface area contributed by atoms with Crippen LogP contribution in [0, 0.1) is 16.7 Å². The van der Waals surface area contributed by atoms with Gasteiger partial charge in [0.1, 0.15) is 0 Å². The van der Waals surface area contributed by atoms with Crippen LogP contribution in [-0.4, -0.2) is 36.1 Å². The van der Waals surface area contributed by atoms with Crippen LogP contribution in [0.4, 0.5) is 0 Å².